The lowest BCUT2D eigenvalue weighted by molar-refractivity contribution is 0.590. The van der Waals surface area contributed by atoms with Crippen molar-refractivity contribution in [1.82, 2.24) is 4.57 Å². The van der Waals surface area contributed by atoms with Gasteiger partial charge < -0.3 is 14.4 Å². The molecule has 20 aromatic rings. The number of hydrogen-bond donors (Lipinski definition) is 0. The predicted octanol–water partition coefficient (Wildman–Crippen LogP) is 30.2. The quantitative estimate of drug-likeness (QED) is 0.0948. The van der Waals surface area contributed by atoms with Crippen LogP contribution in [0.3, 0.4) is 0 Å². The summed E-state index contributed by atoms with van der Waals surface area (Å²) in [5, 5.41) is 0.238. The van der Waals surface area contributed by atoms with E-state index < -0.39 is 24.2 Å². The topological polar surface area (TPSA) is 11.4 Å². The monoisotopic (exact) mass is 1560 g/mol. The van der Waals surface area contributed by atoms with Crippen LogP contribution in [0.2, 0.25) is 0 Å². The maximum atomic E-state index is 10.5. The fourth-order valence-corrected chi connectivity index (χ4v) is 18.6. The Morgan fingerprint density at radius 3 is 1.02 bits per heavy atom. The molecule has 3 heterocycles. The number of aromatic nitrogens is 1. The highest BCUT2D eigenvalue weighted by molar-refractivity contribution is 7.00. The molecule has 0 unspecified atom stereocenters. The number of benzene rings is 19. The van der Waals surface area contributed by atoms with Gasteiger partial charge in [0.1, 0.15) is 0 Å². The van der Waals surface area contributed by atoms with Crippen molar-refractivity contribution in [3.8, 4) is 139 Å². The highest BCUT2D eigenvalue weighted by atomic mass is 15.2. The largest absolute Gasteiger partial charge is 0.310 e. The number of rotatable bonds is 15. The zero-order valence-electron chi connectivity index (χ0n) is 74.7. The van der Waals surface area contributed by atoms with Gasteiger partial charge in [-0.3, -0.25) is 0 Å². The molecular weight excluding hydrogens is 1470 g/mol. The van der Waals surface area contributed by atoms with E-state index in [4.69, 9.17) is 0 Å². The molecule has 1 aromatic heterocycles. The summed E-state index contributed by atoms with van der Waals surface area (Å²) in [5.74, 6) is 0. The molecule has 22 rings (SSSR count). The van der Waals surface area contributed by atoms with Gasteiger partial charge in [-0.25, -0.2) is 0 Å². The van der Waals surface area contributed by atoms with Crippen LogP contribution in [0.5, 0.6) is 0 Å². The second kappa shape index (κ2) is 30.5. The third-order valence-electron chi connectivity index (χ3n) is 24.5. The number of para-hydroxylation sites is 1. The van der Waals surface area contributed by atoms with Crippen LogP contribution in [0.4, 0.5) is 34.1 Å². The molecule has 0 fully saturated rings. The Kier molecular flexibility index (Phi) is 16.4. The van der Waals surface area contributed by atoms with Crippen LogP contribution >= 0.6 is 0 Å². The SMILES string of the molecule is [2H]c1c([2H])c([2H])c2c(c1[2H])c1c([2H])c(-c3ccccc3)c([2H])c([2H])c1n2-c1ccc2c(c1)N(c1c(-c3cccc(-c4ccccc4)c3)cc(-c3ccccc3)cc1-c1cccc(-c3ccccc3)c1)c1cc(C(C)(C)C)cc3c1B2c1cc(-c2cc(-c4ccccc4)cc(-c4ccccc4)c2)ccc1N3c1c(-c2ccccc2)cc(-c2ccccc2)cc1-c1ccccc1. The molecule has 122 heavy (non-hydrogen) atoms. The molecule has 0 aliphatic carbocycles. The molecule has 0 bridgehead atoms. The van der Waals surface area contributed by atoms with Gasteiger partial charge in [0.15, 0.2) is 0 Å². The minimum absolute atomic E-state index is 0.0873. The van der Waals surface area contributed by atoms with Crippen molar-refractivity contribution in [1.29, 1.82) is 0 Å². The molecule has 4 heteroatoms. The van der Waals surface area contributed by atoms with E-state index in [0.717, 1.165) is 178 Å². The average Bonchev–Trinajstić information content (AvgIpc) is 1.48. The Bertz CT molecular complexity index is 7600. The molecule has 0 saturated carbocycles. The Morgan fingerprint density at radius 1 is 0.238 bits per heavy atom. The Balaban J connectivity index is 0.939. The van der Waals surface area contributed by atoms with Gasteiger partial charge in [-0.2, -0.15) is 0 Å². The summed E-state index contributed by atoms with van der Waals surface area (Å²) in [6.45, 7) is 6.33. The molecule has 0 amide bonds. The maximum Gasteiger partial charge on any atom is 0.252 e. The minimum Gasteiger partial charge on any atom is -0.310 e. The minimum atomic E-state index is -0.584. The van der Waals surface area contributed by atoms with Crippen molar-refractivity contribution in [3.05, 3.63) is 460 Å². The first-order valence-corrected chi connectivity index (χ1v) is 41.9. The van der Waals surface area contributed by atoms with Crippen LogP contribution in [-0.2, 0) is 5.41 Å². The third-order valence-corrected chi connectivity index (χ3v) is 24.5. The van der Waals surface area contributed by atoms with Gasteiger partial charge in [0, 0.05) is 61.5 Å². The first-order chi connectivity index (χ1) is 63.1. The fraction of sp³-hybridized carbons (Fsp3) is 0.0339. The second-order valence-corrected chi connectivity index (χ2v) is 32.9. The van der Waals surface area contributed by atoms with Crippen molar-refractivity contribution in [3.63, 3.8) is 0 Å². The van der Waals surface area contributed by atoms with E-state index >= 15 is 0 Å². The summed E-state index contributed by atoms with van der Waals surface area (Å²) in [5.41, 5.74) is 32.8. The lowest BCUT2D eigenvalue weighted by Crippen LogP contribution is -2.61. The molecule has 0 radical (unpaired) electrons. The molecule has 574 valence electrons. The van der Waals surface area contributed by atoms with Crippen LogP contribution in [0.1, 0.15) is 35.9 Å². The standard InChI is InChI=1S/C118H84BN3/c1-118(2,3)99-76-113-115-114(77-99)122(117-104(92-55-33-53-88(65-92)79-35-13-4-14-36-79)73-98(85-47-25-10-26-48-85)74-105(117)93-56-34-54-89(66-93)80-37-15-5-16-38-80)112-78-100(120-109-58-32-31-57-101(109)106-70-90(59-63-110(106)120)81-39-17-6-18-40-81)61-62-107(112)119(115)108-75-91(96-68-94(82-41-19-7-20-42-82)67-95(69-96)83-43-21-8-22-44-83)60-64-111(108)121(113)116-102(86-49-27-11-28-50-86)71-97(84-45-23-9-24-46-84)72-103(116)87-51-29-12-30-52-87/h4-78H,1-3H3/i31D,32D,57D,58D,59D,63D,70D. The molecule has 2 aliphatic rings. The molecule has 0 saturated heterocycles. The smallest absolute Gasteiger partial charge is 0.252 e. The first kappa shape index (κ1) is 65.7. The average molecular weight is 1560 g/mol. The van der Waals surface area contributed by atoms with Gasteiger partial charge in [0.2, 0.25) is 0 Å². The maximum absolute atomic E-state index is 10.5. The summed E-state index contributed by atoms with van der Waals surface area (Å²) >= 11 is 0. The van der Waals surface area contributed by atoms with E-state index in [1.54, 1.807) is 4.57 Å². The van der Waals surface area contributed by atoms with E-state index in [2.05, 4.69) is 407 Å². The lowest BCUT2D eigenvalue weighted by atomic mass is 9.33. The van der Waals surface area contributed by atoms with Gasteiger partial charge in [0.05, 0.1) is 32.0 Å². The highest BCUT2D eigenvalue weighted by Crippen LogP contribution is 2.56. The van der Waals surface area contributed by atoms with Crippen LogP contribution in [0.25, 0.3) is 161 Å². The summed E-state index contributed by atoms with van der Waals surface area (Å²) in [4.78, 5) is 5.12. The number of anilines is 6. The summed E-state index contributed by atoms with van der Waals surface area (Å²) < 4.78 is 72.3. The fourth-order valence-electron chi connectivity index (χ4n) is 18.6. The molecule has 3 nitrogen and oxygen atoms in total. The van der Waals surface area contributed by atoms with Crippen molar-refractivity contribution in [2.24, 2.45) is 0 Å². The number of hydrogen-bond acceptors (Lipinski definition) is 2. The zero-order chi connectivity index (χ0) is 87.5. The summed E-state index contributed by atoms with van der Waals surface area (Å²) in [6, 6.07) is 145. The third kappa shape index (κ3) is 13.1. The first-order valence-electron chi connectivity index (χ1n) is 45.4. The summed E-state index contributed by atoms with van der Waals surface area (Å²) in [7, 11) is 0. The molecule has 0 spiro atoms. The Labute approximate surface area is 724 Å². The van der Waals surface area contributed by atoms with Gasteiger partial charge in [-0.15, -0.1) is 0 Å². The van der Waals surface area contributed by atoms with Crippen LogP contribution in [0.15, 0.2) is 455 Å². The second-order valence-electron chi connectivity index (χ2n) is 32.9. The predicted molar refractivity (Wildman–Crippen MR) is 519 cm³/mol. The van der Waals surface area contributed by atoms with Crippen LogP contribution in [-0.4, -0.2) is 11.3 Å². The van der Waals surface area contributed by atoms with Gasteiger partial charge >= 0.3 is 0 Å². The number of nitrogens with zero attached hydrogens (tertiary/aromatic N) is 3. The highest BCUT2D eigenvalue weighted by Gasteiger charge is 2.47. The summed E-state index contributed by atoms with van der Waals surface area (Å²) in [6.07, 6.45) is 0. The van der Waals surface area contributed by atoms with E-state index in [-0.39, 0.29) is 57.6 Å². The van der Waals surface area contributed by atoms with Crippen molar-refractivity contribution in [2.75, 3.05) is 9.80 Å². The van der Waals surface area contributed by atoms with E-state index in [1.807, 2.05) is 36.4 Å². The van der Waals surface area contributed by atoms with Crippen molar-refractivity contribution in [2.45, 2.75) is 26.2 Å². The number of fused-ring (bicyclic) bond motifs is 7. The molecule has 2 aliphatic heterocycles. The van der Waals surface area contributed by atoms with E-state index in [9.17, 15) is 9.60 Å². The lowest BCUT2D eigenvalue weighted by Gasteiger charge is -2.46. The molecular formula is C118H84BN3. The van der Waals surface area contributed by atoms with Crippen molar-refractivity contribution < 1.29 is 9.60 Å². The molecule has 0 N–H and O–H groups in total. The van der Waals surface area contributed by atoms with Gasteiger partial charge in [-0.1, -0.05) is 373 Å². The zero-order valence-corrected chi connectivity index (χ0v) is 67.7. The Morgan fingerprint density at radius 2 is 0.582 bits per heavy atom. The Hall–Kier alpha value is -15.4. The van der Waals surface area contributed by atoms with Crippen molar-refractivity contribution >= 4 is 79.0 Å². The molecule has 19 aromatic carbocycles. The van der Waals surface area contributed by atoms with Crippen LogP contribution in [0, 0.1) is 0 Å². The van der Waals surface area contributed by atoms with Gasteiger partial charge in [0.25, 0.3) is 6.71 Å². The van der Waals surface area contributed by atoms with E-state index in [0.29, 0.717) is 11.3 Å². The van der Waals surface area contributed by atoms with E-state index in [1.165, 1.54) is 0 Å². The molecule has 0 atom stereocenters. The normalized spacial score (nSPS) is 13.0. The van der Waals surface area contributed by atoms with Gasteiger partial charge in [-0.05, 0) is 242 Å². The van der Waals surface area contributed by atoms with Crippen LogP contribution < -0.4 is 26.2 Å².